The van der Waals surface area contributed by atoms with Crippen molar-refractivity contribution in [1.29, 1.82) is 0 Å². The van der Waals surface area contributed by atoms with E-state index >= 15 is 0 Å². The first kappa shape index (κ1) is 10.2. The van der Waals surface area contributed by atoms with Gasteiger partial charge >= 0.3 is 0 Å². The summed E-state index contributed by atoms with van der Waals surface area (Å²) in [4.78, 5) is 3.97. The molecule has 1 atom stereocenters. The van der Waals surface area contributed by atoms with Gasteiger partial charge in [0.05, 0.1) is 0 Å². The maximum atomic E-state index is 5.61. The molecular formula is C12H17N3. The average Bonchev–Trinajstić information content (AvgIpc) is 2.63. The van der Waals surface area contributed by atoms with Crippen molar-refractivity contribution in [3.8, 4) is 0 Å². The zero-order valence-electron chi connectivity index (χ0n) is 9.03. The lowest BCUT2D eigenvalue weighted by Gasteiger charge is -2.19. The highest BCUT2D eigenvalue weighted by Gasteiger charge is 2.24. The molecule has 0 aromatic carbocycles. The molecule has 2 rings (SSSR count). The summed E-state index contributed by atoms with van der Waals surface area (Å²) in [5, 5.41) is 3.48. The maximum Gasteiger partial charge on any atom is 0.123 e. The van der Waals surface area contributed by atoms with E-state index in [2.05, 4.69) is 29.4 Å². The van der Waals surface area contributed by atoms with E-state index in [1.807, 2.05) is 12.1 Å². The molecule has 1 saturated heterocycles. The fourth-order valence-corrected chi connectivity index (χ4v) is 1.91. The second-order valence-electron chi connectivity index (χ2n) is 4.30. The van der Waals surface area contributed by atoms with E-state index in [1.54, 1.807) is 6.20 Å². The third-order valence-corrected chi connectivity index (χ3v) is 2.85. The van der Waals surface area contributed by atoms with Gasteiger partial charge < -0.3 is 11.1 Å². The second-order valence-corrected chi connectivity index (χ2v) is 4.30. The highest BCUT2D eigenvalue weighted by atomic mass is 15.0. The van der Waals surface area contributed by atoms with Crippen molar-refractivity contribution >= 4 is 11.9 Å². The van der Waals surface area contributed by atoms with E-state index < -0.39 is 0 Å². The fraction of sp³-hybridized carbons (Fsp3) is 0.417. The van der Waals surface area contributed by atoms with Gasteiger partial charge in [-0.25, -0.2) is 4.98 Å². The molecule has 0 spiro atoms. The summed E-state index contributed by atoms with van der Waals surface area (Å²) in [6, 6.07) is 3.85. The maximum absolute atomic E-state index is 5.61. The topological polar surface area (TPSA) is 50.9 Å². The van der Waals surface area contributed by atoms with Gasteiger partial charge in [-0.3, -0.25) is 0 Å². The molecule has 0 unspecified atom stereocenters. The predicted octanol–water partition coefficient (Wildman–Crippen LogP) is 1.82. The highest BCUT2D eigenvalue weighted by molar-refractivity contribution is 5.53. The Morgan fingerprint density at radius 2 is 2.47 bits per heavy atom. The van der Waals surface area contributed by atoms with Crippen LogP contribution in [0.1, 0.15) is 25.3 Å². The standard InChI is InChI=1S/C12H17N3/c1-12(5-2-7-15-12)6-3-10-4-8-14-11(13)9-10/h3-4,6,8-9,15H,2,5,7H2,1H3,(H2,13,14)/b6-3+/t12-/m0/s1. The van der Waals surface area contributed by atoms with E-state index in [4.69, 9.17) is 5.73 Å². The number of rotatable bonds is 2. The largest absolute Gasteiger partial charge is 0.384 e. The number of nitrogen functional groups attached to an aromatic ring is 1. The van der Waals surface area contributed by atoms with Crippen molar-refractivity contribution in [3.05, 3.63) is 30.0 Å². The van der Waals surface area contributed by atoms with Crippen molar-refractivity contribution in [2.24, 2.45) is 0 Å². The van der Waals surface area contributed by atoms with Gasteiger partial charge in [0.2, 0.25) is 0 Å². The van der Waals surface area contributed by atoms with Crippen molar-refractivity contribution in [2.75, 3.05) is 12.3 Å². The summed E-state index contributed by atoms with van der Waals surface area (Å²) in [6.07, 6.45) is 8.51. The first-order valence-electron chi connectivity index (χ1n) is 5.34. The molecule has 0 bridgehead atoms. The zero-order chi connectivity index (χ0) is 10.7. The van der Waals surface area contributed by atoms with Gasteiger partial charge in [-0.15, -0.1) is 0 Å². The van der Waals surface area contributed by atoms with Crippen LogP contribution in [0, 0.1) is 0 Å². The number of aromatic nitrogens is 1. The van der Waals surface area contributed by atoms with Crippen LogP contribution >= 0.6 is 0 Å². The van der Waals surface area contributed by atoms with Crippen LogP contribution in [-0.2, 0) is 0 Å². The molecule has 3 nitrogen and oxygen atoms in total. The van der Waals surface area contributed by atoms with Crippen LogP contribution in [0.2, 0.25) is 0 Å². The van der Waals surface area contributed by atoms with Crippen molar-refractivity contribution in [1.82, 2.24) is 10.3 Å². The molecule has 0 saturated carbocycles. The summed E-state index contributed by atoms with van der Waals surface area (Å²) in [5.41, 5.74) is 6.87. The summed E-state index contributed by atoms with van der Waals surface area (Å²) < 4.78 is 0. The van der Waals surface area contributed by atoms with Gasteiger partial charge in [0.1, 0.15) is 5.82 Å². The first-order chi connectivity index (χ1) is 7.18. The van der Waals surface area contributed by atoms with Crippen LogP contribution in [0.3, 0.4) is 0 Å². The van der Waals surface area contributed by atoms with E-state index in [0.717, 1.165) is 12.1 Å². The lowest BCUT2D eigenvalue weighted by molar-refractivity contribution is 0.522. The molecule has 2 heterocycles. The monoisotopic (exact) mass is 203 g/mol. The molecule has 15 heavy (non-hydrogen) atoms. The van der Waals surface area contributed by atoms with Crippen LogP contribution < -0.4 is 11.1 Å². The van der Waals surface area contributed by atoms with Gasteiger partial charge in [-0.05, 0) is 44.0 Å². The number of anilines is 1. The number of hydrogen-bond donors (Lipinski definition) is 2. The Hall–Kier alpha value is -1.35. The highest BCUT2D eigenvalue weighted by Crippen LogP contribution is 2.21. The Kier molecular flexibility index (Phi) is 2.73. The molecular weight excluding hydrogens is 186 g/mol. The van der Waals surface area contributed by atoms with Crippen LogP contribution in [-0.4, -0.2) is 17.1 Å². The fourth-order valence-electron chi connectivity index (χ4n) is 1.91. The smallest absolute Gasteiger partial charge is 0.123 e. The van der Waals surface area contributed by atoms with Gasteiger partial charge in [0, 0.05) is 11.7 Å². The minimum absolute atomic E-state index is 0.151. The van der Waals surface area contributed by atoms with E-state index in [9.17, 15) is 0 Å². The van der Waals surface area contributed by atoms with Crippen LogP contribution in [0.4, 0.5) is 5.82 Å². The summed E-state index contributed by atoms with van der Waals surface area (Å²) in [5.74, 6) is 0.571. The summed E-state index contributed by atoms with van der Waals surface area (Å²) in [7, 11) is 0. The third-order valence-electron chi connectivity index (χ3n) is 2.85. The number of nitrogens with one attached hydrogen (secondary N) is 1. The van der Waals surface area contributed by atoms with Gasteiger partial charge in [0.25, 0.3) is 0 Å². The van der Waals surface area contributed by atoms with Gasteiger partial charge in [0.15, 0.2) is 0 Å². The van der Waals surface area contributed by atoms with Crippen LogP contribution in [0.15, 0.2) is 24.4 Å². The summed E-state index contributed by atoms with van der Waals surface area (Å²) >= 11 is 0. The summed E-state index contributed by atoms with van der Waals surface area (Å²) in [6.45, 7) is 3.33. The van der Waals surface area contributed by atoms with E-state index in [-0.39, 0.29) is 5.54 Å². The lowest BCUT2D eigenvalue weighted by Crippen LogP contribution is -2.33. The normalized spacial score (nSPS) is 26.2. The zero-order valence-corrected chi connectivity index (χ0v) is 9.03. The molecule has 0 amide bonds. The Bertz CT molecular complexity index is 365. The van der Waals surface area contributed by atoms with Crippen molar-refractivity contribution in [2.45, 2.75) is 25.3 Å². The number of nitrogens with zero attached hydrogens (tertiary/aromatic N) is 1. The van der Waals surface area contributed by atoms with Crippen molar-refractivity contribution in [3.63, 3.8) is 0 Å². The molecule has 1 aliphatic heterocycles. The van der Waals surface area contributed by atoms with Gasteiger partial charge in [-0.2, -0.15) is 0 Å². The number of pyridine rings is 1. The number of nitrogens with two attached hydrogens (primary N) is 1. The molecule has 1 aliphatic rings. The SMILES string of the molecule is C[C@@]1(/C=C/c2ccnc(N)c2)CCCN1. The first-order valence-corrected chi connectivity index (χ1v) is 5.34. The quantitative estimate of drug-likeness (QED) is 0.771. The van der Waals surface area contributed by atoms with E-state index in [1.165, 1.54) is 12.8 Å². The minimum atomic E-state index is 0.151. The van der Waals surface area contributed by atoms with Crippen molar-refractivity contribution < 1.29 is 0 Å². The molecule has 1 aromatic heterocycles. The Morgan fingerprint density at radius 1 is 1.60 bits per heavy atom. The molecule has 1 aromatic rings. The Balaban J connectivity index is 2.10. The van der Waals surface area contributed by atoms with Crippen LogP contribution in [0.25, 0.3) is 6.08 Å². The molecule has 3 N–H and O–H groups in total. The molecule has 80 valence electrons. The Labute approximate surface area is 90.4 Å². The molecule has 0 aliphatic carbocycles. The van der Waals surface area contributed by atoms with E-state index in [0.29, 0.717) is 5.82 Å². The number of hydrogen-bond acceptors (Lipinski definition) is 3. The second kappa shape index (κ2) is 4.03. The molecule has 0 radical (unpaired) electrons. The minimum Gasteiger partial charge on any atom is -0.384 e. The van der Waals surface area contributed by atoms with Crippen LogP contribution in [0.5, 0.6) is 0 Å². The average molecular weight is 203 g/mol. The lowest BCUT2D eigenvalue weighted by atomic mass is 9.99. The molecule has 3 heteroatoms. The van der Waals surface area contributed by atoms with Gasteiger partial charge in [-0.1, -0.05) is 12.2 Å². The predicted molar refractivity (Wildman–Crippen MR) is 63.3 cm³/mol. The molecule has 1 fully saturated rings. The Morgan fingerprint density at radius 3 is 3.13 bits per heavy atom. The third kappa shape index (κ3) is 2.57.